The molecule has 5 nitrogen and oxygen atoms in total. The summed E-state index contributed by atoms with van der Waals surface area (Å²) in [5.74, 6) is 1.20. The highest BCUT2D eigenvalue weighted by Crippen LogP contribution is 2.22. The Labute approximate surface area is 120 Å². The minimum Gasteiger partial charge on any atom is -0.377 e. The van der Waals surface area contributed by atoms with Crippen molar-refractivity contribution >= 4 is 28.2 Å². The topological polar surface area (TPSA) is 55.3 Å². The van der Waals surface area contributed by atoms with Crippen LogP contribution in [-0.4, -0.2) is 46.2 Å². The standard InChI is InChI=1S/C12H18ClN3O2S/c1-3-10-7-18-5-4-16(10)11-6-9(8-19(2)17)14-12(13)15-11/h6,10H,3-5,7-8H2,1-2H3/t10-,19?/m0/s1. The summed E-state index contributed by atoms with van der Waals surface area (Å²) in [5, 5.41) is 0.208. The lowest BCUT2D eigenvalue weighted by Gasteiger charge is -2.36. The summed E-state index contributed by atoms with van der Waals surface area (Å²) >= 11 is 5.96. The molecule has 106 valence electrons. The predicted octanol–water partition coefficient (Wildman–Crippen LogP) is 1.62. The largest absolute Gasteiger partial charge is 0.377 e. The number of halogens is 1. The van der Waals surface area contributed by atoms with E-state index in [1.54, 1.807) is 6.26 Å². The van der Waals surface area contributed by atoms with Crippen LogP contribution in [0.2, 0.25) is 5.28 Å². The smallest absolute Gasteiger partial charge is 0.224 e. The third-order valence-electron chi connectivity index (χ3n) is 3.08. The fourth-order valence-corrected chi connectivity index (χ4v) is 2.94. The second-order valence-corrected chi connectivity index (χ2v) is 6.31. The van der Waals surface area contributed by atoms with Gasteiger partial charge >= 0.3 is 0 Å². The normalized spacial score (nSPS) is 21.4. The van der Waals surface area contributed by atoms with Crippen molar-refractivity contribution in [2.75, 3.05) is 30.9 Å². The lowest BCUT2D eigenvalue weighted by atomic mass is 10.2. The van der Waals surface area contributed by atoms with Crippen molar-refractivity contribution in [1.29, 1.82) is 0 Å². The first-order valence-corrected chi connectivity index (χ1v) is 8.38. The molecule has 0 bridgehead atoms. The van der Waals surface area contributed by atoms with E-state index in [-0.39, 0.29) is 5.28 Å². The van der Waals surface area contributed by atoms with Gasteiger partial charge in [0.05, 0.1) is 30.7 Å². The van der Waals surface area contributed by atoms with Gasteiger partial charge in [-0.25, -0.2) is 9.97 Å². The lowest BCUT2D eigenvalue weighted by Crippen LogP contribution is -2.45. The zero-order valence-electron chi connectivity index (χ0n) is 11.1. The van der Waals surface area contributed by atoms with E-state index >= 15 is 0 Å². The van der Waals surface area contributed by atoms with Gasteiger partial charge < -0.3 is 9.64 Å². The number of anilines is 1. The van der Waals surface area contributed by atoms with Crippen molar-refractivity contribution in [1.82, 2.24) is 9.97 Å². The van der Waals surface area contributed by atoms with Crippen molar-refractivity contribution < 1.29 is 8.95 Å². The predicted molar refractivity (Wildman–Crippen MR) is 77.1 cm³/mol. The molecule has 1 fully saturated rings. The number of rotatable bonds is 4. The molecule has 0 N–H and O–H groups in total. The van der Waals surface area contributed by atoms with Gasteiger partial charge in [-0.05, 0) is 18.0 Å². The van der Waals surface area contributed by atoms with Crippen molar-refractivity contribution in [3.8, 4) is 0 Å². The van der Waals surface area contributed by atoms with Gasteiger partial charge in [0, 0.05) is 29.7 Å². The van der Waals surface area contributed by atoms with Crippen molar-refractivity contribution in [3.05, 3.63) is 17.0 Å². The molecule has 0 saturated carbocycles. The molecular weight excluding hydrogens is 286 g/mol. The molecular formula is C12H18ClN3O2S. The maximum atomic E-state index is 11.3. The fraction of sp³-hybridized carbons (Fsp3) is 0.667. The van der Waals surface area contributed by atoms with E-state index in [0.29, 0.717) is 25.0 Å². The molecule has 1 aromatic rings. The van der Waals surface area contributed by atoms with E-state index in [4.69, 9.17) is 16.3 Å². The quantitative estimate of drug-likeness (QED) is 0.791. The number of hydrogen-bond acceptors (Lipinski definition) is 5. The molecule has 1 aliphatic rings. The van der Waals surface area contributed by atoms with E-state index < -0.39 is 10.8 Å². The maximum Gasteiger partial charge on any atom is 0.224 e. The van der Waals surface area contributed by atoms with Crippen LogP contribution in [0.3, 0.4) is 0 Å². The molecule has 1 unspecified atom stereocenters. The van der Waals surface area contributed by atoms with Gasteiger partial charge in [-0.3, -0.25) is 4.21 Å². The molecule has 0 radical (unpaired) electrons. The number of hydrogen-bond donors (Lipinski definition) is 0. The van der Waals surface area contributed by atoms with Gasteiger partial charge in [-0.2, -0.15) is 0 Å². The van der Waals surface area contributed by atoms with Crippen LogP contribution in [0.15, 0.2) is 6.07 Å². The number of ether oxygens (including phenoxy) is 1. The van der Waals surface area contributed by atoms with E-state index in [0.717, 1.165) is 24.5 Å². The summed E-state index contributed by atoms with van der Waals surface area (Å²) in [7, 11) is -0.941. The third-order valence-corrected chi connectivity index (χ3v) is 3.95. The molecule has 2 rings (SSSR count). The van der Waals surface area contributed by atoms with Crippen LogP contribution in [0.1, 0.15) is 19.0 Å². The average Bonchev–Trinajstić information content (AvgIpc) is 2.37. The minimum atomic E-state index is -0.941. The Kier molecular flexibility index (Phi) is 5.13. The second-order valence-electron chi connectivity index (χ2n) is 4.53. The van der Waals surface area contributed by atoms with Gasteiger partial charge in [0.15, 0.2) is 0 Å². The van der Waals surface area contributed by atoms with Crippen molar-refractivity contribution in [2.45, 2.75) is 25.1 Å². The summed E-state index contributed by atoms with van der Waals surface area (Å²) in [6, 6.07) is 2.18. The summed E-state index contributed by atoms with van der Waals surface area (Å²) in [6.07, 6.45) is 2.63. The first kappa shape index (κ1) is 14.7. The Morgan fingerprint density at radius 3 is 3.05 bits per heavy atom. The molecule has 0 aromatic carbocycles. The first-order valence-electron chi connectivity index (χ1n) is 6.28. The molecule has 1 aromatic heterocycles. The minimum absolute atomic E-state index is 0.208. The van der Waals surface area contributed by atoms with Crippen LogP contribution < -0.4 is 4.90 Å². The van der Waals surface area contributed by atoms with Crippen LogP contribution >= 0.6 is 11.6 Å². The Bertz CT molecular complexity index is 472. The lowest BCUT2D eigenvalue weighted by molar-refractivity contribution is 0.0925. The fourth-order valence-electron chi connectivity index (χ4n) is 2.18. The molecule has 1 saturated heterocycles. The molecule has 1 aliphatic heterocycles. The molecule has 19 heavy (non-hydrogen) atoms. The molecule has 0 aliphatic carbocycles. The molecule has 2 atom stereocenters. The summed E-state index contributed by atoms with van der Waals surface area (Å²) in [6.45, 7) is 4.30. The van der Waals surface area contributed by atoms with E-state index in [1.165, 1.54) is 0 Å². The van der Waals surface area contributed by atoms with E-state index in [1.807, 2.05) is 6.07 Å². The number of nitrogens with zero attached hydrogens (tertiary/aromatic N) is 3. The Morgan fingerprint density at radius 1 is 1.58 bits per heavy atom. The third kappa shape index (κ3) is 3.87. The summed E-state index contributed by atoms with van der Waals surface area (Å²) in [4.78, 5) is 10.6. The Morgan fingerprint density at radius 2 is 2.37 bits per heavy atom. The SMILES string of the molecule is CC[C@H]1COCCN1c1cc(CS(C)=O)nc(Cl)n1. The Hall–Kier alpha value is -0.720. The van der Waals surface area contributed by atoms with Crippen molar-refractivity contribution in [2.24, 2.45) is 0 Å². The molecule has 0 amide bonds. The van der Waals surface area contributed by atoms with Crippen LogP contribution in [0, 0.1) is 0 Å². The summed E-state index contributed by atoms with van der Waals surface area (Å²) < 4.78 is 16.8. The zero-order chi connectivity index (χ0) is 13.8. The second kappa shape index (κ2) is 6.63. The van der Waals surface area contributed by atoms with Crippen LogP contribution in [0.25, 0.3) is 0 Å². The molecule has 2 heterocycles. The van der Waals surface area contributed by atoms with Gasteiger partial charge in [0.1, 0.15) is 5.82 Å². The van der Waals surface area contributed by atoms with Crippen LogP contribution in [-0.2, 0) is 21.3 Å². The first-order chi connectivity index (χ1) is 9.10. The van der Waals surface area contributed by atoms with Gasteiger partial charge in [0.2, 0.25) is 5.28 Å². The monoisotopic (exact) mass is 303 g/mol. The van der Waals surface area contributed by atoms with Gasteiger partial charge in [0.25, 0.3) is 0 Å². The van der Waals surface area contributed by atoms with Crippen molar-refractivity contribution in [3.63, 3.8) is 0 Å². The highest BCUT2D eigenvalue weighted by atomic mass is 35.5. The van der Waals surface area contributed by atoms with Gasteiger partial charge in [-0.15, -0.1) is 0 Å². The Balaban J connectivity index is 2.27. The average molecular weight is 304 g/mol. The molecule has 7 heteroatoms. The van der Waals surface area contributed by atoms with Gasteiger partial charge in [-0.1, -0.05) is 6.92 Å². The number of aromatic nitrogens is 2. The molecule has 0 spiro atoms. The maximum absolute atomic E-state index is 11.3. The van der Waals surface area contributed by atoms with Crippen LogP contribution in [0.4, 0.5) is 5.82 Å². The van der Waals surface area contributed by atoms with E-state index in [2.05, 4.69) is 21.8 Å². The van der Waals surface area contributed by atoms with E-state index in [9.17, 15) is 4.21 Å². The highest BCUT2D eigenvalue weighted by Gasteiger charge is 2.23. The highest BCUT2D eigenvalue weighted by molar-refractivity contribution is 7.83. The summed E-state index contributed by atoms with van der Waals surface area (Å²) in [5.41, 5.74) is 0.720. The number of morpholine rings is 1. The zero-order valence-corrected chi connectivity index (χ0v) is 12.7. The van der Waals surface area contributed by atoms with Crippen LogP contribution in [0.5, 0.6) is 0 Å².